The summed E-state index contributed by atoms with van der Waals surface area (Å²) in [6, 6.07) is 0. The van der Waals surface area contributed by atoms with Crippen molar-refractivity contribution in [3.8, 4) is 0 Å². The monoisotopic (exact) mass is 436 g/mol. The van der Waals surface area contributed by atoms with E-state index >= 15 is 0 Å². The molecule has 0 aliphatic heterocycles. The Labute approximate surface area is 154 Å². The Morgan fingerprint density at radius 3 is 1.81 bits per heavy atom. The molecule has 1 unspecified atom stereocenters. The number of rotatable bonds is 9. The minimum absolute atomic E-state index is 0.414. The molecule has 0 aromatic heterocycles. The van der Waals surface area contributed by atoms with Gasteiger partial charge in [-0.3, -0.25) is 4.79 Å². The standard InChI is InChI=1S/C11H22N2O12P2/c1-4-11(2,3)8(14)23-5-7(25-10(16)13-27(20,21)22)6-24-9(15)12-26(17,18)19/h7H,4-6H2,1-3H3,(H3,12,15,17,18,19)(H3,13,16,20,21,22). The molecule has 0 saturated carbocycles. The van der Waals surface area contributed by atoms with E-state index in [1.165, 1.54) is 10.2 Å². The third-order valence-electron chi connectivity index (χ3n) is 2.98. The van der Waals surface area contributed by atoms with Gasteiger partial charge in [-0.1, -0.05) is 6.92 Å². The first-order valence-corrected chi connectivity index (χ1v) is 10.5. The van der Waals surface area contributed by atoms with Gasteiger partial charge >= 0.3 is 33.6 Å². The van der Waals surface area contributed by atoms with Crippen molar-refractivity contribution in [2.24, 2.45) is 5.41 Å². The fraction of sp³-hybridized carbons (Fsp3) is 0.727. The van der Waals surface area contributed by atoms with Gasteiger partial charge in [0, 0.05) is 0 Å². The molecule has 0 spiro atoms. The molecule has 16 heteroatoms. The molecule has 0 aromatic carbocycles. The van der Waals surface area contributed by atoms with E-state index in [0.29, 0.717) is 6.42 Å². The van der Waals surface area contributed by atoms with Crippen molar-refractivity contribution < 1.29 is 57.3 Å². The van der Waals surface area contributed by atoms with Gasteiger partial charge in [0.1, 0.15) is 13.2 Å². The largest absolute Gasteiger partial charge is 0.461 e. The first-order chi connectivity index (χ1) is 12.1. The van der Waals surface area contributed by atoms with Crippen molar-refractivity contribution in [1.29, 1.82) is 0 Å². The maximum Gasteiger partial charge on any atom is 0.432 e. The van der Waals surface area contributed by atoms with Crippen molar-refractivity contribution in [3.05, 3.63) is 0 Å². The van der Waals surface area contributed by atoms with Crippen LogP contribution in [0.15, 0.2) is 0 Å². The van der Waals surface area contributed by atoms with Gasteiger partial charge < -0.3 is 33.8 Å². The van der Waals surface area contributed by atoms with Gasteiger partial charge in [-0.2, -0.15) is 0 Å². The predicted octanol–water partition coefficient (Wildman–Crippen LogP) is -0.0278. The number of amides is 2. The minimum atomic E-state index is -4.97. The highest BCUT2D eigenvalue weighted by atomic mass is 31.2. The van der Waals surface area contributed by atoms with E-state index in [-0.39, 0.29) is 0 Å². The summed E-state index contributed by atoms with van der Waals surface area (Å²) >= 11 is 0. The first kappa shape index (κ1) is 25.3. The van der Waals surface area contributed by atoms with E-state index in [9.17, 15) is 23.5 Å². The van der Waals surface area contributed by atoms with Crippen LogP contribution in [0, 0.1) is 5.41 Å². The third kappa shape index (κ3) is 12.3. The Morgan fingerprint density at radius 2 is 1.37 bits per heavy atom. The number of nitrogens with one attached hydrogen (secondary N) is 2. The molecule has 6 N–H and O–H groups in total. The summed E-state index contributed by atoms with van der Waals surface area (Å²) in [6.45, 7) is 3.39. The SMILES string of the molecule is CCC(C)(C)C(=O)OCC(COC(=O)NP(=O)(O)O)OC(=O)NP(=O)(O)O. The highest BCUT2D eigenvalue weighted by molar-refractivity contribution is 7.50. The fourth-order valence-corrected chi connectivity index (χ4v) is 1.83. The molecule has 0 bridgehead atoms. The summed E-state index contributed by atoms with van der Waals surface area (Å²) in [7, 11) is -9.90. The van der Waals surface area contributed by atoms with Crippen LogP contribution >= 0.6 is 15.5 Å². The molecular formula is C11H22N2O12P2. The second kappa shape index (κ2) is 10.0. The Morgan fingerprint density at radius 1 is 0.926 bits per heavy atom. The van der Waals surface area contributed by atoms with Gasteiger partial charge in [-0.25, -0.2) is 28.9 Å². The fourth-order valence-electron chi connectivity index (χ4n) is 1.24. The number of carbonyl (C=O) groups excluding carboxylic acids is 3. The lowest BCUT2D eigenvalue weighted by Crippen LogP contribution is -2.37. The topological polar surface area (TPSA) is 218 Å². The van der Waals surface area contributed by atoms with Crippen LogP contribution < -0.4 is 10.2 Å². The van der Waals surface area contributed by atoms with Gasteiger partial charge in [-0.05, 0) is 20.3 Å². The van der Waals surface area contributed by atoms with Crippen LogP contribution in [-0.2, 0) is 28.1 Å². The van der Waals surface area contributed by atoms with Crippen LogP contribution in [0.2, 0.25) is 0 Å². The highest BCUT2D eigenvalue weighted by Gasteiger charge is 2.30. The second-order valence-corrected chi connectivity index (χ2v) is 8.40. The maximum atomic E-state index is 11.9. The summed E-state index contributed by atoms with van der Waals surface area (Å²) in [6.07, 6.45) is -4.27. The number of hydrogen-bond acceptors (Lipinski definition) is 8. The number of esters is 1. The lowest BCUT2D eigenvalue weighted by atomic mass is 9.91. The van der Waals surface area contributed by atoms with Crippen LogP contribution in [0.5, 0.6) is 0 Å². The molecule has 0 heterocycles. The van der Waals surface area contributed by atoms with Crippen LogP contribution in [0.25, 0.3) is 0 Å². The molecule has 27 heavy (non-hydrogen) atoms. The molecule has 158 valence electrons. The third-order valence-corrected chi connectivity index (χ3v) is 3.93. The zero-order valence-corrected chi connectivity index (χ0v) is 16.4. The van der Waals surface area contributed by atoms with Crippen LogP contribution in [0.1, 0.15) is 27.2 Å². The number of ether oxygens (including phenoxy) is 3. The first-order valence-electron chi connectivity index (χ1n) is 7.28. The molecule has 0 fully saturated rings. The van der Waals surface area contributed by atoms with Gasteiger partial charge in [0.05, 0.1) is 5.41 Å². The average molecular weight is 436 g/mol. The van der Waals surface area contributed by atoms with Crippen molar-refractivity contribution >= 4 is 33.6 Å². The zero-order chi connectivity index (χ0) is 21.5. The van der Waals surface area contributed by atoms with Crippen molar-refractivity contribution in [2.45, 2.75) is 33.3 Å². The molecule has 0 saturated heterocycles. The highest BCUT2D eigenvalue weighted by Crippen LogP contribution is 2.29. The molecule has 2 amide bonds. The van der Waals surface area contributed by atoms with Crippen molar-refractivity contribution in [2.75, 3.05) is 13.2 Å². The lowest BCUT2D eigenvalue weighted by molar-refractivity contribution is -0.157. The number of hydrogen-bond donors (Lipinski definition) is 6. The van der Waals surface area contributed by atoms with Crippen LogP contribution in [0.4, 0.5) is 9.59 Å². The molecule has 0 radical (unpaired) electrons. The quantitative estimate of drug-likeness (QED) is 0.159. The van der Waals surface area contributed by atoms with E-state index in [1.54, 1.807) is 20.8 Å². The summed E-state index contributed by atoms with van der Waals surface area (Å²) in [4.78, 5) is 68.9. The van der Waals surface area contributed by atoms with E-state index < -0.39 is 58.4 Å². The summed E-state index contributed by atoms with van der Waals surface area (Å²) < 4.78 is 35.2. The molecule has 1 atom stereocenters. The molecular weight excluding hydrogens is 414 g/mol. The summed E-state index contributed by atoms with van der Waals surface area (Å²) in [5.74, 6) is -0.686. The minimum Gasteiger partial charge on any atom is -0.461 e. The smallest absolute Gasteiger partial charge is 0.432 e. The molecule has 0 aliphatic carbocycles. The van der Waals surface area contributed by atoms with Gasteiger partial charge in [0.2, 0.25) is 0 Å². The predicted molar refractivity (Wildman–Crippen MR) is 87.0 cm³/mol. The maximum absolute atomic E-state index is 11.9. The normalized spacial score (nSPS) is 13.3. The van der Waals surface area contributed by atoms with Crippen molar-refractivity contribution in [3.63, 3.8) is 0 Å². The van der Waals surface area contributed by atoms with Gasteiger partial charge in [0.15, 0.2) is 6.10 Å². The summed E-state index contributed by atoms with van der Waals surface area (Å²) in [5.41, 5.74) is -0.878. The van der Waals surface area contributed by atoms with Gasteiger partial charge in [0.25, 0.3) is 0 Å². The Bertz CT molecular complexity index is 639. The Kier molecular flexibility index (Phi) is 9.39. The lowest BCUT2D eigenvalue weighted by Gasteiger charge is -2.23. The Balaban J connectivity index is 4.92. The zero-order valence-electron chi connectivity index (χ0n) is 14.6. The molecule has 14 nitrogen and oxygen atoms in total. The van der Waals surface area contributed by atoms with Crippen LogP contribution in [0.3, 0.4) is 0 Å². The van der Waals surface area contributed by atoms with E-state index in [2.05, 4.69) is 9.47 Å². The van der Waals surface area contributed by atoms with Crippen molar-refractivity contribution in [1.82, 2.24) is 10.2 Å². The van der Waals surface area contributed by atoms with Gasteiger partial charge in [-0.15, -0.1) is 0 Å². The number of carbonyl (C=O) groups is 3. The molecule has 0 aliphatic rings. The second-order valence-electron chi connectivity index (χ2n) is 5.77. The Hall–Kier alpha value is -1.69. The van der Waals surface area contributed by atoms with E-state index in [1.807, 2.05) is 0 Å². The summed E-state index contributed by atoms with van der Waals surface area (Å²) in [5, 5.41) is 2.37. The molecule has 0 rings (SSSR count). The molecule has 0 aromatic rings. The van der Waals surface area contributed by atoms with Crippen LogP contribution in [-0.4, -0.2) is 57.0 Å². The average Bonchev–Trinajstić information content (AvgIpc) is 2.45. The van der Waals surface area contributed by atoms with E-state index in [4.69, 9.17) is 24.3 Å². The van der Waals surface area contributed by atoms with E-state index in [0.717, 1.165) is 0 Å².